The van der Waals surface area contributed by atoms with Gasteiger partial charge >= 0.3 is 0 Å². The monoisotopic (exact) mass is 248 g/mol. The van der Waals surface area contributed by atoms with E-state index in [9.17, 15) is 0 Å². The van der Waals surface area contributed by atoms with E-state index in [-0.39, 0.29) is 5.54 Å². The van der Waals surface area contributed by atoms with Gasteiger partial charge in [0.05, 0.1) is 0 Å². The van der Waals surface area contributed by atoms with Crippen molar-refractivity contribution in [1.29, 1.82) is 0 Å². The van der Waals surface area contributed by atoms with Crippen LogP contribution in [0, 0.1) is 0 Å². The summed E-state index contributed by atoms with van der Waals surface area (Å²) in [6.45, 7) is 12.0. The molecule has 0 aromatic heterocycles. The van der Waals surface area contributed by atoms with E-state index in [1.54, 1.807) is 0 Å². The van der Waals surface area contributed by atoms with E-state index >= 15 is 0 Å². The lowest BCUT2D eigenvalue weighted by Gasteiger charge is -2.21. The van der Waals surface area contributed by atoms with Crippen LogP contribution in [0.15, 0.2) is 24.3 Å². The van der Waals surface area contributed by atoms with Crippen LogP contribution in [0.25, 0.3) is 0 Å². The second kappa shape index (κ2) is 6.91. The Balaban J connectivity index is 2.56. The molecule has 2 heteroatoms. The van der Waals surface area contributed by atoms with E-state index < -0.39 is 0 Å². The zero-order valence-electron chi connectivity index (χ0n) is 12.6. The first-order valence-corrected chi connectivity index (χ1v) is 6.92. The zero-order valence-corrected chi connectivity index (χ0v) is 12.6. The summed E-state index contributed by atoms with van der Waals surface area (Å²) in [6.07, 6.45) is 1.21. The number of benzene rings is 1. The predicted molar refractivity (Wildman–Crippen MR) is 79.7 cm³/mol. The molecular weight excluding hydrogens is 220 g/mol. The molecule has 0 atom stereocenters. The van der Waals surface area contributed by atoms with Crippen LogP contribution in [-0.2, 0) is 13.1 Å². The third-order valence-corrected chi connectivity index (χ3v) is 2.87. The van der Waals surface area contributed by atoms with Gasteiger partial charge in [0, 0.05) is 18.6 Å². The molecule has 1 aromatic carbocycles. The Bertz CT molecular complexity index is 352. The van der Waals surface area contributed by atoms with Gasteiger partial charge in [0.25, 0.3) is 0 Å². The highest BCUT2D eigenvalue weighted by Gasteiger charge is 2.08. The van der Waals surface area contributed by atoms with Crippen molar-refractivity contribution in [3.63, 3.8) is 0 Å². The third-order valence-electron chi connectivity index (χ3n) is 2.87. The van der Waals surface area contributed by atoms with Gasteiger partial charge < -0.3 is 10.2 Å². The van der Waals surface area contributed by atoms with Crippen LogP contribution >= 0.6 is 0 Å². The topological polar surface area (TPSA) is 15.3 Å². The van der Waals surface area contributed by atoms with Gasteiger partial charge in [-0.3, -0.25) is 0 Å². The van der Waals surface area contributed by atoms with E-state index in [0.717, 1.165) is 19.6 Å². The summed E-state index contributed by atoms with van der Waals surface area (Å²) in [5.41, 5.74) is 2.95. The quantitative estimate of drug-likeness (QED) is 0.830. The van der Waals surface area contributed by atoms with Crippen molar-refractivity contribution in [2.24, 2.45) is 0 Å². The summed E-state index contributed by atoms with van der Waals surface area (Å²) in [4.78, 5) is 2.37. The lowest BCUT2D eigenvalue weighted by atomic mass is 10.1. The van der Waals surface area contributed by atoms with Gasteiger partial charge in [0.2, 0.25) is 0 Å². The summed E-state index contributed by atoms with van der Waals surface area (Å²) < 4.78 is 0. The molecule has 18 heavy (non-hydrogen) atoms. The summed E-state index contributed by atoms with van der Waals surface area (Å²) in [5, 5.41) is 3.53. The fourth-order valence-corrected chi connectivity index (χ4v) is 1.98. The lowest BCUT2D eigenvalue weighted by molar-refractivity contribution is 0.327. The smallest absolute Gasteiger partial charge is 0.0230 e. The van der Waals surface area contributed by atoms with Gasteiger partial charge in [-0.15, -0.1) is 0 Å². The summed E-state index contributed by atoms with van der Waals surface area (Å²) in [5.74, 6) is 0. The van der Waals surface area contributed by atoms with Crippen molar-refractivity contribution in [3.8, 4) is 0 Å². The van der Waals surface area contributed by atoms with Crippen molar-refractivity contribution >= 4 is 0 Å². The fraction of sp³-hybridized carbons (Fsp3) is 0.625. The largest absolute Gasteiger partial charge is 0.308 e. The Labute approximate surface area is 112 Å². The Hall–Kier alpha value is -0.860. The van der Waals surface area contributed by atoms with Crippen molar-refractivity contribution in [2.75, 3.05) is 13.6 Å². The fourth-order valence-electron chi connectivity index (χ4n) is 1.98. The van der Waals surface area contributed by atoms with Crippen LogP contribution in [0.5, 0.6) is 0 Å². The number of nitrogens with zero attached hydrogens (tertiary/aromatic N) is 1. The molecule has 0 heterocycles. The average molecular weight is 248 g/mol. The molecule has 0 aliphatic carbocycles. The Morgan fingerprint density at radius 3 is 2.44 bits per heavy atom. The highest BCUT2D eigenvalue weighted by atomic mass is 15.1. The molecule has 0 aliphatic heterocycles. The van der Waals surface area contributed by atoms with Gasteiger partial charge in [-0.1, -0.05) is 31.2 Å². The van der Waals surface area contributed by atoms with Crippen molar-refractivity contribution in [1.82, 2.24) is 10.2 Å². The minimum absolute atomic E-state index is 0.176. The van der Waals surface area contributed by atoms with Crippen LogP contribution in [-0.4, -0.2) is 24.0 Å². The zero-order chi connectivity index (χ0) is 13.6. The molecule has 1 N–H and O–H groups in total. The first kappa shape index (κ1) is 15.2. The highest BCUT2D eigenvalue weighted by Crippen LogP contribution is 2.09. The van der Waals surface area contributed by atoms with Gasteiger partial charge in [-0.05, 0) is 51.9 Å². The minimum Gasteiger partial charge on any atom is -0.308 e. The summed E-state index contributed by atoms with van der Waals surface area (Å²) in [7, 11) is 2.18. The SMILES string of the molecule is CCCN(C)Cc1cccc(CNC(C)(C)C)c1. The van der Waals surface area contributed by atoms with Crippen LogP contribution in [0.4, 0.5) is 0 Å². The standard InChI is InChI=1S/C16H28N2/c1-6-10-18(5)13-15-9-7-8-14(11-15)12-17-16(2,3)4/h7-9,11,17H,6,10,12-13H2,1-5H3. The van der Waals surface area contributed by atoms with Gasteiger partial charge in [0.15, 0.2) is 0 Å². The molecule has 0 radical (unpaired) electrons. The second-order valence-electron chi connectivity index (χ2n) is 6.16. The van der Waals surface area contributed by atoms with Gasteiger partial charge in [-0.25, -0.2) is 0 Å². The maximum atomic E-state index is 3.53. The Kier molecular flexibility index (Phi) is 5.83. The number of hydrogen-bond donors (Lipinski definition) is 1. The Morgan fingerprint density at radius 2 is 1.83 bits per heavy atom. The molecule has 0 bridgehead atoms. The molecule has 102 valence electrons. The molecule has 0 aliphatic rings. The predicted octanol–water partition coefficient (Wildman–Crippen LogP) is 3.42. The summed E-state index contributed by atoms with van der Waals surface area (Å²) in [6, 6.07) is 8.88. The number of hydrogen-bond acceptors (Lipinski definition) is 2. The lowest BCUT2D eigenvalue weighted by Crippen LogP contribution is -2.35. The minimum atomic E-state index is 0.176. The molecule has 0 spiro atoms. The van der Waals surface area contributed by atoms with Gasteiger partial charge in [-0.2, -0.15) is 0 Å². The van der Waals surface area contributed by atoms with E-state index in [1.165, 1.54) is 17.5 Å². The molecule has 0 saturated carbocycles. The van der Waals surface area contributed by atoms with E-state index in [1.807, 2.05) is 0 Å². The second-order valence-corrected chi connectivity index (χ2v) is 6.16. The highest BCUT2D eigenvalue weighted by molar-refractivity contribution is 5.23. The molecule has 1 rings (SSSR count). The van der Waals surface area contributed by atoms with Crippen molar-refractivity contribution in [2.45, 2.75) is 52.7 Å². The Morgan fingerprint density at radius 1 is 1.17 bits per heavy atom. The van der Waals surface area contributed by atoms with Crippen LogP contribution < -0.4 is 5.32 Å². The molecule has 1 aromatic rings. The van der Waals surface area contributed by atoms with Crippen LogP contribution in [0.1, 0.15) is 45.2 Å². The molecule has 0 amide bonds. The number of rotatable bonds is 6. The van der Waals surface area contributed by atoms with E-state index in [0.29, 0.717) is 0 Å². The van der Waals surface area contributed by atoms with Crippen molar-refractivity contribution < 1.29 is 0 Å². The maximum Gasteiger partial charge on any atom is 0.0230 e. The number of nitrogens with one attached hydrogen (secondary N) is 1. The van der Waals surface area contributed by atoms with E-state index in [2.05, 4.69) is 69.2 Å². The van der Waals surface area contributed by atoms with Crippen LogP contribution in [0.2, 0.25) is 0 Å². The first-order chi connectivity index (χ1) is 8.40. The molecule has 0 unspecified atom stereocenters. The molecule has 2 nitrogen and oxygen atoms in total. The summed E-state index contributed by atoms with van der Waals surface area (Å²) >= 11 is 0. The maximum absolute atomic E-state index is 3.53. The van der Waals surface area contributed by atoms with Crippen molar-refractivity contribution in [3.05, 3.63) is 35.4 Å². The molecule has 0 fully saturated rings. The first-order valence-electron chi connectivity index (χ1n) is 6.92. The third kappa shape index (κ3) is 6.18. The van der Waals surface area contributed by atoms with Crippen LogP contribution in [0.3, 0.4) is 0 Å². The normalized spacial score (nSPS) is 12.1. The average Bonchev–Trinajstić information content (AvgIpc) is 2.26. The molecule has 0 saturated heterocycles. The molecular formula is C16H28N2. The van der Waals surface area contributed by atoms with E-state index in [4.69, 9.17) is 0 Å². The van der Waals surface area contributed by atoms with Gasteiger partial charge in [0.1, 0.15) is 0 Å².